The van der Waals surface area contributed by atoms with Crippen molar-refractivity contribution in [2.75, 3.05) is 24.3 Å². The molecule has 1 aromatic rings. The van der Waals surface area contributed by atoms with E-state index in [4.69, 9.17) is 5.73 Å². The molecule has 0 spiro atoms. The van der Waals surface area contributed by atoms with Crippen LogP contribution in [0.15, 0.2) is 6.20 Å². The number of anilines is 1. The maximum absolute atomic E-state index is 11.4. The van der Waals surface area contributed by atoms with Gasteiger partial charge < -0.3 is 10.5 Å². The number of ether oxygens (including phenoxy) is 1. The number of nitrogens with two attached hydrogens (primary N) is 1. The number of rotatable bonds is 2. The van der Waals surface area contributed by atoms with E-state index in [1.165, 1.54) is 13.3 Å². The van der Waals surface area contributed by atoms with Crippen LogP contribution in [-0.2, 0) is 4.74 Å². The Kier molecular flexibility index (Phi) is 4.34. The van der Waals surface area contributed by atoms with E-state index in [9.17, 15) is 4.79 Å². The number of methoxy groups -OCH3 is 1. The van der Waals surface area contributed by atoms with Crippen LogP contribution in [0.25, 0.3) is 0 Å². The number of hydrogen-bond donors (Lipinski definition) is 1. The summed E-state index contributed by atoms with van der Waals surface area (Å²) in [6.07, 6.45) is 1.45. The first-order valence-electron chi connectivity index (χ1n) is 5.57. The molecule has 1 aromatic heterocycles. The van der Waals surface area contributed by atoms with Gasteiger partial charge in [-0.05, 0) is 0 Å². The Morgan fingerprint density at radius 1 is 1.50 bits per heavy atom. The van der Waals surface area contributed by atoms with Gasteiger partial charge in [-0.1, -0.05) is 6.92 Å². The predicted molar refractivity (Wildman–Crippen MR) is 74.9 cm³/mol. The van der Waals surface area contributed by atoms with Crippen molar-refractivity contribution in [3.05, 3.63) is 17.6 Å². The van der Waals surface area contributed by atoms with E-state index in [1.807, 2.05) is 23.5 Å². The summed E-state index contributed by atoms with van der Waals surface area (Å²) >= 11 is 3.74. The van der Waals surface area contributed by atoms with Gasteiger partial charge in [-0.25, -0.2) is 14.8 Å². The molecule has 18 heavy (non-hydrogen) atoms. The lowest BCUT2D eigenvalue weighted by Gasteiger charge is -2.26. The Bertz CT molecular complexity index is 456. The summed E-state index contributed by atoms with van der Waals surface area (Å²) in [5.74, 6) is 2.62. The van der Waals surface area contributed by atoms with E-state index < -0.39 is 5.97 Å². The fourth-order valence-corrected chi connectivity index (χ4v) is 4.43. The van der Waals surface area contributed by atoms with Crippen molar-refractivity contribution in [1.82, 2.24) is 9.97 Å². The zero-order valence-electron chi connectivity index (χ0n) is 10.3. The minimum Gasteiger partial charge on any atom is -0.465 e. The Hall–Kier alpha value is -0.950. The molecule has 2 N–H and O–H groups in total. The standard InChI is InChI=1S/C11H15N3O2S2/c1-6-8(18-4-3-17-6)10-13-5-7(9(12)14-10)11(15)16-2/h5-6,8H,3-4H2,1-2H3,(H2,12,13,14). The monoisotopic (exact) mass is 285 g/mol. The highest BCUT2D eigenvalue weighted by molar-refractivity contribution is 8.06. The second-order valence-electron chi connectivity index (χ2n) is 3.89. The van der Waals surface area contributed by atoms with E-state index in [0.29, 0.717) is 11.1 Å². The lowest BCUT2D eigenvalue weighted by Crippen LogP contribution is -2.19. The van der Waals surface area contributed by atoms with E-state index in [2.05, 4.69) is 21.6 Å². The highest BCUT2D eigenvalue weighted by Gasteiger charge is 2.27. The molecule has 1 fully saturated rings. The molecule has 2 atom stereocenters. The highest BCUT2D eigenvalue weighted by atomic mass is 32.2. The molecule has 2 rings (SSSR count). The quantitative estimate of drug-likeness (QED) is 0.829. The lowest BCUT2D eigenvalue weighted by molar-refractivity contribution is 0.0601. The first-order chi connectivity index (χ1) is 8.63. The SMILES string of the molecule is COC(=O)c1cnc(C2SCCSC2C)nc1N. The molecule has 1 aliphatic rings. The van der Waals surface area contributed by atoms with Gasteiger partial charge in [0.2, 0.25) is 0 Å². The van der Waals surface area contributed by atoms with Gasteiger partial charge in [0.25, 0.3) is 0 Å². The number of aromatic nitrogens is 2. The van der Waals surface area contributed by atoms with Gasteiger partial charge in [-0.15, -0.1) is 11.8 Å². The second-order valence-corrected chi connectivity index (χ2v) is 6.62. The molecule has 0 saturated carbocycles. The molecule has 2 heterocycles. The number of carbonyl (C=O) groups excluding carboxylic acids is 1. The molecule has 0 radical (unpaired) electrons. The fourth-order valence-electron chi connectivity index (χ4n) is 1.73. The number of carbonyl (C=O) groups is 1. The van der Waals surface area contributed by atoms with Crippen LogP contribution in [-0.4, -0.2) is 39.8 Å². The normalized spacial score (nSPS) is 23.7. The molecule has 0 amide bonds. The van der Waals surface area contributed by atoms with Crippen LogP contribution in [0.5, 0.6) is 0 Å². The third kappa shape index (κ3) is 2.72. The maximum atomic E-state index is 11.4. The van der Waals surface area contributed by atoms with Crippen LogP contribution < -0.4 is 5.73 Å². The molecular formula is C11H15N3O2S2. The second kappa shape index (κ2) is 5.79. The van der Waals surface area contributed by atoms with Crippen molar-refractivity contribution < 1.29 is 9.53 Å². The third-order valence-corrected chi connectivity index (χ3v) is 5.77. The minimum absolute atomic E-state index is 0.190. The van der Waals surface area contributed by atoms with Crippen LogP contribution in [0, 0.1) is 0 Å². The van der Waals surface area contributed by atoms with Crippen LogP contribution in [0.1, 0.15) is 28.4 Å². The van der Waals surface area contributed by atoms with E-state index in [1.54, 1.807) is 0 Å². The van der Waals surface area contributed by atoms with Crippen molar-refractivity contribution in [2.24, 2.45) is 0 Å². The topological polar surface area (TPSA) is 78.1 Å². The summed E-state index contributed by atoms with van der Waals surface area (Å²) in [7, 11) is 1.31. The first kappa shape index (κ1) is 13.5. The smallest absolute Gasteiger partial charge is 0.343 e. The average Bonchev–Trinajstić information content (AvgIpc) is 2.38. The summed E-state index contributed by atoms with van der Waals surface area (Å²) in [6, 6.07) is 0. The van der Waals surface area contributed by atoms with Gasteiger partial charge in [0.15, 0.2) is 0 Å². The highest BCUT2D eigenvalue weighted by Crippen LogP contribution is 2.41. The van der Waals surface area contributed by atoms with Crippen LogP contribution >= 0.6 is 23.5 Å². The van der Waals surface area contributed by atoms with Crippen LogP contribution in [0.3, 0.4) is 0 Å². The zero-order chi connectivity index (χ0) is 13.1. The van der Waals surface area contributed by atoms with Crippen molar-refractivity contribution in [1.29, 1.82) is 0 Å². The number of thioether (sulfide) groups is 2. The maximum Gasteiger partial charge on any atom is 0.343 e. The largest absolute Gasteiger partial charge is 0.465 e. The Labute approximate surface area is 114 Å². The molecule has 1 aliphatic heterocycles. The third-order valence-electron chi connectivity index (χ3n) is 2.68. The molecule has 0 aliphatic carbocycles. The van der Waals surface area contributed by atoms with Gasteiger partial charge in [-0.3, -0.25) is 0 Å². The summed E-state index contributed by atoms with van der Waals surface area (Å²) < 4.78 is 4.62. The predicted octanol–water partition coefficient (Wildman–Crippen LogP) is 1.75. The van der Waals surface area contributed by atoms with Crippen molar-refractivity contribution in [2.45, 2.75) is 17.4 Å². The summed E-state index contributed by atoms with van der Waals surface area (Å²) in [4.78, 5) is 19.9. The van der Waals surface area contributed by atoms with E-state index >= 15 is 0 Å². The Morgan fingerprint density at radius 3 is 2.83 bits per heavy atom. The zero-order valence-corrected chi connectivity index (χ0v) is 11.9. The summed E-state index contributed by atoms with van der Waals surface area (Å²) in [5.41, 5.74) is 6.01. The molecule has 0 bridgehead atoms. The number of hydrogen-bond acceptors (Lipinski definition) is 7. The molecule has 5 nitrogen and oxygen atoms in total. The van der Waals surface area contributed by atoms with Gasteiger partial charge in [0.05, 0.1) is 12.4 Å². The molecule has 0 aromatic carbocycles. The van der Waals surface area contributed by atoms with Crippen LogP contribution in [0.2, 0.25) is 0 Å². The van der Waals surface area contributed by atoms with E-state index in [0.717, 1.165) is 11.5 Å². The molecule has 7 heteroatoms. The average molecular weight is 285 g/mol. The number of nitrogen functional groups attached to an aromatic ring is 1. The Morgan fingerprint density at radius 2 is 2.22 bits per heavy atom. The molecule has 98 valence electrons. The molecule has 1 saturated heterocycles. The van der Waals surface area contributed by atoms with Crippen molar-refractivity contribution in [3.63, 3.8) is 0 Å². The minimum atomic E-state index is -0.502. The fraction of sp³-hybridized carbons (Fsp3) is 0.545. The number of nitrogens with zero attached hydrogens (tertiary/aromatic N) is 2. The summed E-state index contributed by atoms with van der Waals surface area (Å²) in [6.45, 7) is 2.16. The van der Waals surface area contributed by atoms with Gasteiger partial charge in [0.1, 0.15) is 17.2 Å². The lowest BCUT2D eigenvalue weighted by atomic mass is 10.2. The van der Waals surface area contributed by atoms with Gasteiger partial charge in [0, 0.05) is 23.0 Å². The van der Waals surface area contributed by atoms with Crippen LogP contribution in [0.4, 0.5) is 5.82 Å². The van der Waals surface area contributed by atoms with Crippen molar-refractivity contribution >= 4 is 35.3 Å². The first-order valence-corrected chi connectivity index (χ1v) is 7.67. The van der Waals surface area contributed by atoms with E-state index in [-0.39, 0.29) is 16.6 Å². The molecular weight excluding hydrogens is 270 g/mol. The number of esters is 1. The van der Waals surface area contributed by atoms with Gasteiger partial charge >= 0.3 is 5.97 Å². The molecule has 2 unspecified atom stereocenters. The van der Waals surface area contributed by atoms with Crippen molar-refractivity contribution in [3.8, 4) is 0 Å². The Balaban J connectivity index is 2.25. The van der Waals surface area contributed by atoms with Gasteiger partial charge in [-0.2, -0.15) is 11.8 Å². The summed E-state index contributed by atoms with van der Waals surface area (Å²) in [5, 5.41) is 0.685.